The van der Waals surface area contributed by atoms with E-state index in [1.807, 2.05) is 36.5 Å². The van der Waals surface area contributed by atoms with Gasteiger partial charge in [0.25, 0.3) is 0 Å². The number of aryl methyl sites for hydroxylation is 1. The molecule has 2 N–H and O–H groups in total. The highest BCUT2D eigenvalue weighted by atomic mass is 16.4. The molecule has 1 aliphatic rings. The Morgan fingerprint density at radius 2 is 1.90 bits per heavy atom. The van der Waals surface area contributed by atoms with Crippen molar-refractivity contribution in [2.75, 3.05) is 37.6 Å². The van der Waals surface area contributed by atoms with Gasteiger partial charge in [-0.1, -0.05) is 12.1 Å². The molecule has 154 valence electrons. The molecule has 1 aromatic heterocycles. The first-order valence-electron chi connectivity index (χ1n) is 10.5. The first kappa shape index (κ1) is 20.0. The van der Waals surface area contributed by atoms with Gasteiger partial charge in [0.15, 0.2) is 0 Å². The Morgan fingerprint density at radius 1 is 1.10 bits per heavy atom. The third-order valence-electron chi connectivity index (χ3n) is 5.92. The van der Waals surface area contributed by atoms with Crippen LogP contribution in [0.25, 0.3) is 10.9 Å². The molecule has 0 amide bonds. The number of H-pyrrole nitrogens is 1. The van der Waals surface area contributed by atoms with Crippen LogP contribution in [0.15, 0.2) is 48.7 Å². The van der Waals surface area contributed by atoms with E-state index in [0.717, 1.165) is 74.1 Å². The van der Waals surface area contributed by atoms with Gasteiger partial charge in [0, 0.05) is 43.3 Å². The molecule has 6 nitrogen and oxygen atoms in total. The minimum Gasteiger partial charge on any atom is -0.478 e. The smallest absolute Gasteiger partial charge is 0.335 e. The maximum atomic E-state index is 11.2. The number of hydrogen-bond donors (Lipinski definition) is 2. The minimum atomic E-state index is -0.888. The second-order valence-electron chi connectivity index (χ2n) is 7.79. The van der Waals surface area contributed by atoms with Crippen LogP contribution in [0, 0.1) is 11.3 Å². The molecule has 0 bridgehead atoms. The fourth-order valence-corrected chi connectivity index (χ4v) is 4.23. The van der Waals surface area contributed by atoms with Crippen molar-refractivity contribution >= 4 is 22.6 Å². The number of carbonyl (C=O) groups is 1. The molecule has 0 unspecified atom stereocenters. The number of fused-ring (bicyclic) bond motifs is 1. The molecule has 1 saturated heterocycles. The number of para-hydroxylation sites is 1. The molecule has 2 aromatic carbocycles. The second kappa shape index (κ2) is 9.02. The van der Waals surface area contributed by atoms with Crippen molar-refractivity contribution in [2.24, 2.45) is 0 Å². The SMILES string of the molecule is N#Cc1ccccc1N1CCN(CCCCc2c[nH]c3ccc(C(=O)O)cc23)CC1. The zero-order valence-corrected chi connectivity index (χ0v) is 17.0. The van der Waals surface area contributed by atoms with Crippen LogP contribution >= 0.6 is 0 Å². The van der Waals surface area contributed by atoms with Crippen LogP contribution in [0.4, 0.5) is 5.69 Å². The lowest BCUT2D eigenvalue weighted by molar-refractivity contribution is 0.0697. The average Bonchev–Trinajstić information content (AvgIpc) is 3.19. The Morgan fingerprint density at radius 3 is 2.67 bits per heavy atom. The molecule has 6 heteroatoms. The van der Waals surface area contributed by atoms with Crippen molar-refractivity contribution in [3.63, 3.8) is 0 Å². The van der Waals surface area contributed by atoms with E-state index in [9.17, 15) is 15.2 Å². The molecule has 0 saturated carbocycles. The second-order valence-corrected chi connectivity index (χ2v) is 7.79. The zero-order chi connectivity index (χ0) is 20.9. The molecule has 30 heavy (non-hydrogen) atoms. The molecule has 0 radical (unpaired) electrons. The quantitative estimate of drug-likeness (QED) is 0.586. The molecule has 3 aromatic rings. The van der Waals surface area contributed by atoms with E-state index < -0.39 is 5.97 Å². The van der Waals surface area contributed by atoms with E-state index in [-0.39, 0.29) is 0 Å². The summed E-state index contributed by atoms with van der Waals surface area (Å²) < 4.78 is 0. The van der Waals surface area contributed by atoms with Gasteiger partial charge in [0.05, 0.1) is 16.8 Å². The van der Waals surface area contributed by atoms with Crippen LogP contribution in [0.5, 0.6) is 0 Å². The van der Waals surface area contributed by atoms with Gasteiger partial charge in [0.1, 0.15) is 6.07 Å². The summed E-state index contributed by atoms with van der Waals surface area (Å²) in [5.41, 5.74) is 4.30. The van der Waals surface area contributed by atoms with Gasteiger partial charge >= 0.3 is 5.97 Å². The summed E-state index contributed by atoms with van der Waals surface area (Å²) in [6.07, 6.45) is 5.13. The normalized spacial score (nSPS) is 14.7. The highest BCUT2D eigenvalue weighted by Crippen LogP contribution is 2.23. The van der Waals surface area contributed by atoms with E-state index in [1.54, 1.807) is 12.1 Å². The van der Waals surface area contributed by atoms with Gasteiger partial charge < -0.3 is 15.0 Å². The van der Waals surface area contributed by atoms with Gasteiger partial charge in [-0.2, -0.15) is 5.26 Å². The van der Waals surface area contributed by atoms with Crippen molar-refractivity contribution in [1.82, 2.24) is 9.88 Å². The predicted molar refractivity (Wildman–Crippen MR) is 118 cm³/mol. The number of carboxylic acids is 1. The van der Waals surface area contributed by atoms with Crippen molar-refractivity contribution in [3.05, 3.63) is 65.4 Å². The van der Waals surface area contributed by atoms with Crippen LogP contribution in [0.2, 0.25) is 0 Å². The minimum absolute atomic E-state index is 0.333. The zero-order valence-electron chi connectivity index (χ0n) is 17.0. The van der Waals surface area contributed by atoms with Gasteiger partial charge in [-0.15, -0.1) is 0 Å². The fraction of sp³-hybridized carbons (Fsp3) is 0.333. The number of nitriles is 1. The number of aromatic nitrogens is 1. The van der Waals surface area contributed by atoms with Crippen LogP contribution in [0.1, 0.15) is 34.3 Å². The van der Waals surface area contributed by atoms with E-state index in [0.29, 0.717) is 5.56 Å². The van der Waals surface area contributed by atoms with E-state index in [4.69, 9.17) is 0 Å². The highest BCUT2D eigenvalue weighted by molar-refractivity contribution is 5.94. The predicted octanol–water partition coefficient (Wildman–Crippen LogP) is 3.88. The molecule has 4 rings (SSSR count). The van der Waals surface area contributed by atoms with E-state index in [1.165, 1.54) is 5.56 Å². The number of benzene rings is 2. The Balaban J connectivity index is 1.25. The van der Waals surface area contributed by atoms with Crippen LogP contribution < -0.4 is 4.90 Å². The maximum Gasteiger partial charge on any atom is 0.335 e. The summed E-state index contributed by atoms with van der Waals surface area (Å²) in [6, 6.07) is 15.4. The van der Waals surface area contributed by atoms with E-state index in [2.05, 4.69) is 20.9 Å². The number of rotatable bonds is 7. The lowest BCUT2D eigenvalue weighted by Crippen LogP contribution is -2.46. The Bertz CT molecular complexity index is 1070. The molecule has 0 aliphatic carbocycles. The summed E-state index contributed by atoms with van der Waals surface area (Å²) in [4.78, 5) is 19.3. The van der Waals surface area contributed by atoms with Crippen molar-refractivity contribution in [1.29, 1.82) is 5.26 Å². The molecule has 0 atom stereocenters. The summed E-state index contributed by atoms with van der Waals surface area (Å²) in [5, 5.41) is 19.5. The van der Waals surface area contributed by atoms with Gasteiger partial charge in [0.2, 0.25) is 0 Å². The van der Waals surface area contributed by atoms with Crippen molar-refractivity contribution in [3.8, 4) is 6.07 Å². The summed E-state index contributed by atoms with van der Waals surface area (Å²) in [7, 11) is 0. The molecular weight excluding hydrogens is 376 g/mol. The number of carboxylic acid groups (broad SMARTS) is 1. The Labute approximate surface area is 176 Å². The number of aromatic carboxylic acids is 1. The summed E-state index contributed by atoms with van der Waals surface area (Å²) >= 11 is 0. The molecule has 2 heterocycles. The molecule has 0 spiro atoms. The van der Waals surface area contributed by atoms with Crippen LogP contribution in [0.3, 0.4) is 0 Å². The first-order chi connectivity index (χ1) is 14.7. The lowest BCUT2D eigenvalue weighted by Gasteiger charge is -2.36. The van der Waals surface area contributed by atoms with Crippen LogP contribution in [-0.4, -0.2) is 53.7 Å². The summed E-state index contributed by atoms with van der Waals surface area (Å²) in [6.45, 7) is 4.97. The Hall–Kier alpha value is -3.30. The van der Waals surface area contributed by atoms with E-state index >= 15 is 0 Å². The average molecular weight is 402 g/mol. The van der Waals surface area contributed by atoms with Gasteiger partial charge in [-0.25, -0.2) is 4.79 Å². The third-order valence-corrected chi connectivity index (χ3v) is 5.92. The molecular formula is C24H26N4O2. The lowest BCUT2D eigenvalue weighted by atomic mass is 10.0. The van der Waals surface area contributed by atoms with Crippen LogP contribution in [-0.2, 0) is 6.42 Å². The number of aromatic amines is 1. The fourth-order valence-electron chi connectivity index (χ4n) is 4.23. The van der Waals surface area contributed by atoms with Crippen molar-refractivity contribution < 1.29 is 9.90 Å². The molecule has 1 fully saturated rings. The maximum absolute atomic E-state index is 11.2. The monoisotopic (exact) mass is 402 g/mol. The Kier molecular flexibility index (Phi) is 6.01. The standard InChI is InChI=1S/C24H26N4O2/c25-16-19-5-1-2-7-23(19)28-13-11-27(12-14-28)10-4-3-6-20-17-26-22-9-8-18(24(29)30)15-21(20)22/h1-2,5,7-9,15,17,26H,3-4,6,10-14H2,(H,29,30). The number of unbranched alkanes of at least 4 members (excludes halogenated alkanes) is 1. The molecule has 1 aliphatic heterocycles. The highest BCUT2D eigenvalue weighted by Gasteiger charge is 2.18. The number of anilines is 1. The first-order valence-corrected chi connectivity index (χ1v) is 10.5. The summed E-state index contributed by atoms with van der Waals surface area (Å²) in [5.74, 6) is -0.888. The van der Waals surface area contributed by atoms with Gasteiger partial charge in [-0.3, -0.25) is 4.90 Å². The largest absolute Gasteiger partial charge is 0.478 e. The number of hydrogen-bond acceptors (Lipinski definition) is 4. The number of piperazine rings is 1. The van der Waals surface area contributed by atoms with Gasteiger partial charge in [-0.05, 0) is 61.7 Å². The number of nitrogens with one attached hydrogen (secondary N) is 1. The van der Waals surface area contributed by atoms with Crippen molar-refractivity contribution in [2.45, 2.75) is 19.3 Å². The number of nitrogens with zero attached hydrogens (tertiary/aromatic N) is 3. The topological polar surface area (TPSA) is 83.4 Å². The third kappa shape index (κ3) is 4.32.